The van der Waals surface area contributed by atoms with Crippen molar-refractivity contribution in [1.29, 1.82) is 0 Å². The Hall–Kier alpha value is -1.31. The molecule has 1 rings (SSSR count). The summed E-state index contributed by atoms with van der Waals surface area (Å²) in [6, 6.07) is 10.9. The molecule has 0 aliphatic rings. The van der Waals surface area contributed by atoms with Crippen LogP contribution in [0.15, 0.2) is 30.3 Å². The fraction of sp³-hybridized carbons (Fsp3) is 0.650. The Morgan fingerprint density at radius 2 is 1.68 bits per heavy atom. The van der Waals surface area contributed by atoms with Gasteiger partial charge in [-0.3, -0.25) is 4.79 Å². The molecule has 0 saturated heterocycles. The summed E-state index contributed by atoms with van der Waals surface area (Å²) in [5, 5.41) is 2.86. The summed E-state index contributed by atoms with van der Waals surface area (Å²) in [5.74, 6) is 0. The minimum atomic E-state index is 0.192. The molecule has 0 saturated carbocycles. The lowest BCUT2D eigenvalue weighted by molar-refractivity contribution is -0.109. The number of rotatable bonds is 10. The number of nitrogens with one attached hydrogen (secondary N) is 1. The van der Waals surface area contributed by atoms with E-state index in [-0.39, 0.29) is 5.41 Å². The topological polar surface area (TPSA) is 29.1 Å². The molecule has 1 aromatic rings. The van der Waals surface area contributed by atoms with Gasteiger partial charge in [0.15, 0.2) is 0 Å². The molecule has 0 aromatic heterocycles. The maximum atomic E-state index is 10.6. The average molecular weight is 303 g/mol. The largest absolute Gasteiger partial charge is 0.359 e. The van der Waals surface area contributed by atoms with Crippen LogP contribution in [-0.2, 0) is 10.2 Å². The van der Waals surface area contributed by atoms with Gasteiger partial charge in [0.2, 0.25) is 6.41 Å². The van der Waals surface area contributed by atoms with Crippen molar-refractivity contribution in [1.82, 2.24) is 5.32 Å². The molecule has 0 spiro atoms. The Morgan fingerprint density at radius 3 is 2.23 bits per heavy atom. The molecule has 0 aliphatic heterocycles. The van der Waals surface area contributed by atoms with Gasteiger partial charge >= 0.3 is 0 Å². The van der Waals surface area contributed by atoms with Gasteiger partial charge in [-0.2, -0.15) is 0 Å². The third-order valence-electron chi connectivity index (χ3n) is 4.53. The van der Waals surface area contributed by atoms with Crippen LogP contribution in [0.2, 0.25) is 0 Å². The number of hydrogen-bond donors (Lipinski definition) is 1. The Bertz CT molecular complexity index is 421. The van der Waals surface area contributed by atoms with E-state index in [0.29, 0.717) is 5.41 Å². The molecule has 1 atom stereocenters. The Labute approximate surface area is 136 Å². The summed E-state index contributed by atoms with van der Waals surface area (Å²) in [6.07, 6.45) is 7.87. The summed E-state index contributed by atoms with van der Waals surface area (Å²) < 4.78 is 0. The van der Waals surface area contributed by atoms with Crippen molar-refractivity contribution in [2.24, 2.45) is 5.41 Å². The van der Waals surface area contributed by atoms with Crippen molar-refractivity contribution in [3.8, 4) is 0 Å². The monoisotopic (exact) mass is 303 g/mol. The molecule has 2 nitrogen and oxygen atoms in total. The second kappa shape index (κ2) is 8.97. The van der Waals surface area contributed by atoms with Crippen LogP contribution in [0.25, 0.3) is 0 Å². The third-order valence-corrected chi connectivity index (χ3v) is 4.53. The number of carbonyl (C=O) groups is 1. The maximum Gasteiger partial charge on any atom is 0.207 e. The molecule has 0 radical (unpaired) electrons. The van der Waals surface area contributed by atoms with Crippen LogP contribution in [0.1, 0.15) is 71.8 Å². The highest BCUT2D eigenvalue weighted by molar-refractivity contribution is 5.45. The Morgan fingerprint density at radius 1 is 1.00 bits per heavy atom. The van der Waals surface area contributed by atoms with Crippen LogP contribution in [0.5, 0.6) is 0 Å². The van der Waals surface area contributed by atoms with E-state index in [9.17, 15) is 4.79 Å². The van der Waals surface area contributed by atoms with E-state index in [0.717, 1.165) is 19.4 Å². The van der Waals surface area contributed by atoms with E-state index in [4.69, 9.17) is 0 Å². The molecular formula is C20H33NO. The number of carbonyl (C=O) groups excluding carboxylic acids is 1. The predicted octanol–water partition coefficient (Wildman–Crippen LogP) is 5.08. The Balaban J connectivity index is 2.91. The minimum absolute atomic E-state index is 0.192. The first-order valence-corrected chi connectivity index (χ1v) is 8.66. The summed E-state index contributed by atoms with van der Waals surface area (Å²) in [6.45, 7) is 9.95. The second-order valence-electron chi connectivity index (χ2n) is 7.63. The van der Waals surface area contributed by atoms with Gasteiger partial charge in [0, 0.05) is 6.54 Å². The van der Waals surface area contributed by atoms with Crippen LogP contribution in [0.3, 0.4) is 0 Å². The van der Waals surface area contributed by atoms with E-state index in [1.807, 2.05) is 0 Å². The van der Waals surface area contributed by atoms with Crippen molar-refractivity contribution in [2.75, 3.05) is 6.54 Å². The lowest BCUT2D eigenvalue weighted by Gasteiger charge is -2.35. The zero-order chi connectivity index (χ0) is 16.5. The van der Waals surface area contributed by atoms with Gasteiger partial charge in [0.25, 0.3) is 0 Å². The SMILES string of the molecule is CCCC(CCCC(C)(C)C)(CCNC=O)c1ccccc1. The summed E-state index contributed by atoms with van der Waals surface area (Å²) >= 11 is 0. The molecule has 0 heterocycles. The van der Waals surface area contributed by atoms with Crippen molar-refractivity contribution < 1.29 is 4.79 Å². The van der Waals surface area contributed by atoms with Gasteiger partial charge in [-0.1, -0.05) is 70.9 Å². The van der Waals surface area contributed by atoms with Gasteiger partial charge in [-0.25, -0.2) is 0 Å². The van der Waals surface area contributed by atoms with Gasteiger partial charge in [-0.05, 0) is 42.1 Å². The third kappa shape index (κ3) is 6.21. The molecule has 124 valence electrons. The molecule has 0 aliphatic carbocycles. The van der Waals surface area contributed by atoms with Gasteiger partial charge in [0.1, 0.15) is 0 Å². The van der Waals surface area contributed by atoms with E-state index in [1.54, 1.807) is 0 Å². The molecule has 22 heavy (non-hydrogen) atoms. The van der Waals surface area contributed by atoms with Gasteiger partial charge in [0.05, 0.1) is 0 Å². The molecule has 1 unspecified atom stereocenters. The van der Waals surface area contributed by atoms with E-state index in [2.05, 4.69) is 63.3 Å². The predicted molar refractivity (Wildman–Crippen MR) is 95.0 cm³/mol. The molecule has 1 amide bonds. The minimum Gasteiger partial charge on any atom is -0.359 e. The van der Waals surface area contributed by atoms with Crippen LogP contribution in [-0.4, -0.2) is 13.0 Å². The van der Waals surface area contributed by atoms with Crippen molar-refractivity contribution in [3.63, 3.8) is 0 Å². The highest BCUT2D eigenvalue weighted by atomic mass is 16.1. The summed E-state index contributed by atoms with van der Waals surface area (Å²) in [5.41, 5.74) is 2.01. The van der Waals surface area contributed by atoms with Crippen LogP contribution in [0.4, 0.5) is 0 Å². The number of hydrogen-bond acceptors (Lipinski definition) is 1. The van der Waals surface area contributed by atoms with Crippen LogP contribution < -0.4 is 5.32 Å². The molecule has 2 heteroatoms. The zero-order valence-corrected chi connectivity index (χ0v) is 14.8. The van der Waals surface area contributed by atoms with Crippen LogP contribution in [0, 0.1) is 5.41 Å². The van der Waals surface area contributed by atoms with Crippen molar-refractivity contribution >= 4 is 6.41 Å². The summed E-state index contributed by atoms with van der Waals surface area (Å²) in [7, 11) is 0. The zero-order valence-electron chi connectivity index (χ0n) is 14.8. The van der Waals surface area contributed by atoms with E-state index >= 15 is 0 Å². The van der Waals surface area contributed by atoms with E-state index in [1.165, 1.54) is 37.7 Å². The molecule has 0 fully saturated rings. The quantitative estimate of drug-likeness (QED) is 0.474. The number of amides is 1. The molecular weight excluding hydrogens is 270 g/mol. The highest BCUT2D eigenvalue weighted by Crippen LogP contribution is 2.39. The fourth-order valence-corrected chi connectivity index (χ4v) is 3.41. The molecule has 1 N–H and O–H groups in total. The molecule has 0 bridgehead atoms. The first-order chi connectivity index (χ1) is 10.4. The first-order valence-electron chi connectivity index (χ1n) is 8.66. The van der Waals surface area contributed by atoms with Crippen LogP contribution >= 0.6 is 0 Å². The van der Waals surface area contributed by atoms with Crippen molar-refractivity contribution in [2.45, 2.75) is 71.6 Å². The lowest BCUT2D eigenvalue weighted by atomic mass is 9.70. The lowest BCUT2D eigenvalue weighted by Crippen LogP contribution is -2.31. The van der Waals surface area contributed by atoms with Gasteiger partial charge < -0.3 is 5.32 Å². The van der Waals surface area contributed by atoms with E-state index < -0.39 is 0 Å². The highest BCUT2D eigenvalue weighted by Gasteiger charge is 2.30. The fourth-order valence-electron chi connectivity index (χ4n) is 3.41. The second-order valence-corrected chi connectivity index (χ2v) is 7.63. The maximum absolute atomic E-state index is 10.6. The molecule has 1 aromatic carbocycles. The average Bonchev–Trinajstić information content (AvgIpc) is 2.47. The Kier molecular flexibility index (Phi) is 7.64. The number of benzene rings is 1. The standard InChI is InChI=1S/C20H33NO/c1-5-12-20(15-16-21-17-22,14-9-13-19(2,3)4)18-10-7-6-8-11-18/h6-8,10-11,17H,5,9,12-16H2,1-4H3,(H,21,22). The first kappa shape index (κ1) is 18.7. The summed E-state index contributed by atoms with van der Waals surface area (Å²) in [4.78, 5) is 10.6. The normalized spacial score (nSPS) is 14.4. The van der Waals surface area contributed by atoms with Gasteiger partial charge in [-0.15, -0.1) is 0 Å². The van der Waals surface area contributed by atoms with Crippen molar-refractivity contribution in [3.05, 3.63) is 35.9 Å². The smallest absolute Gasteiger partial charge is 0.207 e.